The summed E-state index contributed by atoms with van der Waals surface area (Å²) in [6.07, 6.45) is 8.69. The van der Waals surface area contributed by atoms with Crippen molar-refractivity contribution in [3.8, 4) is 5.75 Å². The van der Waals surface area contributed by atoms with Crippen LogP contribution in [0.25, 0.3) is 0 Å². The number of benzene rings is 1. The summed E-state index contributed by atoms with van der Waals surface area (Å²) in [6, 6.07) is 10.2. The lowest BCUT2D eigenvalue weighted by atomic mass is 9.48. The lowest BCUT2D eigenvalue weighted by Crippen LogP contribution is -2.55. The number of ether oxygens (including phenoxy) is 1. The molecule has 4 bridgehead atoms. The summed E-state index contributed by atoms with van der Waals surface area (Å²) in [6.45, 7) is 0.654. The molecule has 2 N–H and O–H groups in total. The highest BCUT2D eigenvalue weighted by molar-refractivity contribution is 5.22. The Bertz CT molecular complexity index is 434. The second-order valence-electron chi connectivity index (χ2n) is 7.44. The first-order valence-electron chi connectivity index (χ1n) is 8.19. The minimum atomic E-state index is 0.207. The summed E-state index contributed by atoms with van der Waals surface area (Å²) >= 11 is 0. The molecule has 1 aromatic rings. The Kier molecular flexibility index (Phi) is 3.03. The van der Waals surface area contributed by atoms with E-state index in [4.69, 9.17) is 10.5 Å². The Hall–Kier alpha value is -1.02. The van der Waals surface area contributed by atoms with Gasteiger partial charge in [0.1, 0.15) is 11.9 Å². The van der Waals surface area contributed by atoms with E-state index < -0.39 is 0 Å². The molecule has 0 aromatic heterocycles. The highest BCUT2D eigenvalue weighted by Gasteiger charge is 2.54. The van der Waals surface area contributed by atoms with Crippen LogP contribution in [0.2, 0.25) is 0 Å². The first-order valence-corrected chi connectivity index (χ1v) is 8.19. The molecule has 0 heterocycles. The second-order valence-corrected chi connectivity index (χ2v) is 7.44. The third-order valence-electron chi connectivity index (χ3n) is 6.00. The van der Waals surface area contributed by atoms with Gasteiger partial charge in [0.2, 0.25) is 0 Å². The molecule has 4 aliphatic carbocycles. The smallest absolute Gasteiger partial charge is 0.119 e. The highest BCUT2D eigenvalue weighted by Crippen LogP contribution is 2.61. The molecule has 4 saturated carbocycles. The molecule has 0 saturated heterocycles. The molecular weight excluding hydrogens is 246 g/mol. The minimum absolute atomic E-state index is 0.207. The first kappa shape index (κ1) is 12.7. The molecule has 1 atom stereocenters. The van der Waals surface area contributed by atoms with E-state index in [2.05, 4.69) is 12.1 Å². The Morgan fingerprint density at radius 3 is 2.05 bits per heavy atom. The predicted molar refractivity (Wildman–Crippen MR) is 80.5 cm³/mol. The van der Waals surface area contributed by atoms with E-state index in [1.807, 2.05) is 18.2 Å². The number of hydrogen-bond acceptors (Lipinski definition) is 2. The van der Waals surface area contributed by atoms with Gasteiger partial charge in [0.05, 0.1) is 0 Å². The third kappa shape index (κ3) is 2.05. The van der Waals surface area contributed by atoms with Crippen molar-refractivity contribution in [2.75, 3.05) is 6.54 Å². The Morgan fingerprint density at radius 1 is 1.00 bits per heavy atom. The van der Waals surface area contributed by atoms with Crippen molar-refractivity contribution in [1.82, 2.24) is 0 Å². The largest absolute Gasteiger partial charge is 0.489 e. The minimum Gasteiger partial charge on any atom is -0.489 e. The zero-order chi connectivity index (χ0) is 13.6. The van der Waals surface area contributed by atoms with Gasteiger partial charge in [-0.2, -0.15) is 0 Å². The Labute approximate surface area is 121 Å². The zero-order valence-electron chi connectivity index (χ0n) is 12.1. The van der Waals surface area contributed by atoms with E-state index in [0.717, 1.165) is 23.5 Å². The second kappa shape index (κ2) is 4.77. The number of para-hydroxylation sites is 1. The fourth-order valence-corrected chi connectivity index (χ4v) is 5.66. The van der Waals surface area contributed by atoms with Crippen LogP contribution in [0.3, 0.4) is 0 Å². The molecule has 5 rings (SSSR count). The summed E-state index contributed by atoms with van der Waals surface area (Å²) in [5, 5.41) is 0. The molecule has 0 spiro atoms. The molecule has 20 heavy (non-hydrogen) atoms. The van der Waals surface area contributed by atoms with Gasteiger partial charge in [-0.15, -0.1) is 0 Å². The van der Waals surface area contributed by atoms with Crippen LogP contribution in [0.5, 0.6) is 5.75 Å². The number of nitrogens with two attached hydrogens (primary N) is 1. The molecule has 4 fully saturated rings. The van der Waals surface area contributed by atoms with Crippen LogP contribution < -0.4 is 10.5 Å². The van der Waals surface area contributed by atoms with Crippen LogP contribution in [-0.2, 0) is 0 Å². The molecule has 4 aliphatic rings. The van der Waals surface area contributed by atoms with Crippen molar-refractivity contribution in [2.24, 2.45) is 28.9 Å². The van der Waals surface area contributed by atoms with Crippen LogP contribution in [-0.4, -0.2) is 12.6 Å². The normalized spacial score (nSPS) is 39.8. The summed E-state index contributed by atoms with van der Waals surface area (Å²) in [7, 11) is 0. The number of rotatable bonds is 4. The van der Waals surface area contributed by atoms with E-state index in [0.29, 0.717) is 12.0 Å². The van der Waals surface area contributed by atoms with Crippen LogP contribution in [0.4, 0.5) is 0 Å². The maximum absolute atomic E-state index is 6.32. The predicted octanol–water partition coefficient (Wildman–Crippen LogP) is 3.61. The van der Waals surface area contributed by atoms with Gasteiger partial charge in [-0.25, -0.2) is 0 Å². The fraction of sp³-hybridized carbons (Fsp3) is 0.667. The summed E-state index contributed by atoms with van der Waals surface area (Å²) in [4.78, 5) is 0. The number of hydrogen-bond donors (Lipinski definition) is 1. The fourth-order valence-electron chi connectivity index (χ4n) is 5.66. The molecular formula is C18H25NO. The van der Waals surface area contributed by atoms with Gasteiger partial charge in [0, 0.05) is 12.0 Å². The maximum atomic E-state index is 6.32. The quantitative estimate of drug-likeness (QED) is 0.908. The average molecular weight is 271 g/mol. The lowest BCUT2D eigenvalue weighted by molar-refractivity contribution is -0.108. The Morgan fingerprint density at radius 2 is 1.55 bits per heavy atom. The Balaban J connectivity index is 1.58. The zero-order valence-corrected chi connectivity index (χ0v) is 12.1. The molecule has 108 valence electrons. The molecule has 0 radical (unpaired) electrons. The van der Waals surface area contributed by atoms with Gasteiger partial charge in [0.15, 0.2) is 0 Å². The van der Waals surface area contributed by atoms with E-state index in [9.17, 15) is 0 Å². The molecule has 0 aliphatic heterocycles. The van der Waals surface area contributed by atoms with E-state index in [1.54, 1.807) is 0 Å². The van der Waals surface area contributed by atoms with Crippen molar-refractivity contribution in [2.45, 2.75) is 44.6 Å². The molecule has 1 aromatic carbocycles. The van der Waals surface area contributed by atoms with Gasteiger partial charge in [-0.05, 0) is 68.4 Å². The van der Waals surface area contributed by atoms with Gasteiger partial charge < -0.3 is 10.5 Å². The highest BCUT2D eigenvalue weighted by atomic mass is 16.5. The maximum Gasteiger partial charge on any atom is 0.119 e. The van der Waals surface area contributed by atoms with Gasteiger partial charge in [-0.1, -0.05) is 18.2 Å². The molecule has 2 nitrogen and oxygen atoms in total. The van der Waals surface area contributed by atoms with Gasteiger partial charge >= 0.3 is 0 Å². The van der Waals surface area contributed by atoms with Crippen LogP contribution in [0.1, 0.15) is 38.5 Å². The van der Waals surface area contributed by atoms with Crippen LogP contribution in [0.15, 0.2) is 30.3 Å². The van der Waals surface area contributed by atoms with Crippen molar-refractivity contribution >= 4 is 0 Å². The standard InChI is InChI=1S/C18H25NO/c19-12-17(20-16-4-2-1-3-5-16)18-9-13-6-14(10-18)8-15(7-13)11-18/h1-5,13-15,17H,6-12,19H2. The van der Waals surface area contributed by atoms with E-state index in [1.165, 1.54) is 38.5 Å². The summed E-state index contributed by atoms with van der Waals surface area (Å²) in [5.41, 5.74) is 6.49. The van der Waals surface area contributed by atoms with Crippen molar-refractivity contribution < 1.29 is 4.74 Å². The SMILES string of the molecule is NCC(Oc1ccccc1)C12CC3CC(CC(C3)C1)C2. The van der Waals surface area contributed by atoms with Crippen molar-refractivity contribution in [3.63, 3.8) is 0 Å². The first-order chi connectivity index (χ1) is 9.77. The average Bonchev–Trinajstić information content (AvgIpc) is 2.44. The van der Waals surface area contributed by atoms with E-state index in [-0.39, 0.29) is 6.10 Å². The monoisotopic (exact) mass is 271 g/mol. The third-order valence-corrected chi connectivity index (χ3v) is 6.00. The van der Waals surface area contributed by atoms with Crippen molar-refractivity contribution in [1.29, 1.82) is 0 Å². The van der Waals surface area contributed by atoms with Crippen molar-refractivity contribution in [3.05, 3.63) is 30.3 Å². The van der Waals surface area contributed by atoms with Crippen LogP contribution in [0, 0.1) is 23.2 Å². The van der Waals surface area contributed by atoms with Crippen LogP contribution >= 0.6 is 0 Å². The summed E-state index contributed by atoms with van der Waals surface area (Å²) in [5.74, 6) is 3.85. The summed E-state index contributed by atoms with van der Waals surface area (Å²) < 4.78 is 6.32. The molecule has 1 unspecified atom stereocenters. The topological polar surface area (TPSA) is 35.2 Å². The lowest BCUT2D eigenvalue weighted by Gasteiger charge is -2.58. The molecule has 2 heteroatoms. The van der Waals surface area contributed by atoms with E-state index >= 15 is 0 Å². The molecule has 0 amide bonds. The van der Waals surface area contributed by atoms with Gasteiger partial charge in [-0.3, -0.25) is 0 Å². The van der Waals surface area contributed by atoms with Gasteiger partial charge in [0.25, 0.3) is 0 Å².